The Morgan fingerprint density at radius 1 is 1.25 bits per heavy atom. The van der Waals surface area contributed by atoms with Gasteiger partial charge in [-0.2, -0.15) is 5.10 Å². The second kappa shape index (κ2) is 6.88. The van der Waals surface area contributed by atoms with Crippen LogP contribution in [0.25, 0.3) is 0 Å². The minimum absolute atomic E-state index is 0.280. The first-order valence-corrected chi connectivity index (χ1v) is 12.3. The van der Waals surface area contributed by atoms with Crippen molar-refractivity contribution >= 4 is 14.2 Å². The van der Waals surface area contributed by atoms with Crippen molar-refractivity contribution in [3.63, 3.8) is 0 Å². The van der Waals surface area contributed by atoms with Gasteiger partial charge in [0.05, 0.1) is 18.8 Å². The molecule has 2 rings (SSSR count). The third kappa shape index (κ3) is 5.08. The summed E-state index contributed by atoms with van der Waals surface area (Å²) in [4.78, 5) is 13.9. The predicted molar refractivity (Wildman–Crippen MR) is 96.6 cm³/mol. The minimum Gasteiger partial charge on any atom is -0.444 e. The van der Waals surface area contributed by atoms with E-state index in [0.717, 1.165) is 29.6 Å². The molecular formula is C17H31N3O3Si. The Hall–Kier alpha value is -1.34. The van der Waals surface area contributed by atoms with Gasteiger partial charge < -0.3 is 9.47 Å². The fourth-order valence-electron chi connectivity index (χ4n) is 2.52. The van der Waals surface area contributed by atoms with Crippen LogP contribution in [0.4, 0.5) is 4.79 Å². The number of hydrogen-bond acceptors (Lipinski definition) is 4. The average Bonchev–Trinajstić information content (AvgIpc) is 2.92. The largest absolute Gasteiger partial charge is 0.444 e. The highest BCUT2D eigenvalue weighted by molar-refractivity contribution is 6.76. The minimum atomic E-state index is -1.06. The maximum Gasteiger partial charge on any atom is 0.410 e. The van der Waals surface area contributed by atoms with E-state index in [9.17, 15) is 4.79 Å². The molecule has 1 aliphatic rings. The van der Waals surface area contributed by atoms with E-state index in [-0.39, 0.29) is 6.09 Å². The number of fused-ring (bicyclic) bond motifs is 1. The van der Waals surface area contributed by atoms with Gasteiger partial charge in [0.25, 0.3) is 0 Å². The Morgan fingerprint density at radius 2 is 1.92 bits per heavy atom. The van der Waals surface area contributed by atoms with Crippen molar-refractivity contribution in [1.29, 1.82) is 0 Å². The smallest absolute Gasteiger partial charge is 0.410 e. The molecule has 0 fully saturated rings. The molecule has 0 saturated heterocycles. The first-order valence-electron chi connectivity index (χ1n) is 8.57. The summed E-state index contributed by atoms with van der Waals surface area (Å²) in [5, 5.41) is 4.61. The number of rotatable bonds is 5. The van der Waals surface area contributed by atoms with Crippen molar-refractivity contribution in [3.05, 3.63) is 17.0 Å². The SMILES string of the molecule is Cc1c2c(nn1COCC[Si](C)(C)C)CN(C(=O)OC(C)(C)C)C2. The Balaban J connectivity index is 1.90. The van der Waals surface area contributed by atoms with Gasteiger partial charge in [0.15, 0.2) is 0 Å². The Morgan fingerprint density at radius 3 is 2.46 bits per heavy atom. The molecule has 0 aromatic carbocycles. The maximum atomic E-state index is 12.2. The van der Waals surface area contributed by atoms with E-state index in [2.05, 4.69) is 24.7 Å². The lowest BCUT2D eigenvalue weighted by atomic mass is 10.2. The normalized spacial score (nSPS) is 14.9. The molecule has 0 atom stereocenters. The molecule has 2 heterocycles. The summed E-state index contributed by atoms with van der Waals surface area (Å²) in [6.07, 6.45) is -0.280. The molecule has 1 aromatic rings. The highest BCUT2D eigenvalue weighted by atomic mass is 28.3. The number of carbonyl (C=O) groups is 1. The van der Waals surface area contributed by atoms with Crippen LogP contribution >= 0.6 is 0 Å². The number of ether oxygens (including phenoxy) is 2. The van der Waals surface area contributed by atoms with Crippen molar-refractivity contribution in [2.45, 2.75) is 78.8 Å². The summed E-state index contributed by atoms with van der Waals surface area (Å²) >= 11 is 0. The number of carbonyl (C=O) groups excluding carboxylic acids is 1. The van der Waals surface area contributed by atoms with Crippen LogP contribution in [-0.2, 0) is 29.3 Å². The van der Waals surface area contributed by atoms with E-state index in [4.69, 9.17) is 9.47 Å². The van der Waals surface area contributed by atoms with Crippen LogP contribution in [-0.4, -0.2) is 41.1 Å². The molecule has 0 radical (unpaired) electrons. The zero-order chi connectivity index (χ0) is 18.1. The van der Waals surface area contributed by atoms with Crippen molar-refractivity contribution in [2.75, 3.05) is 6.61 Å². The van der Waals surface area contributed by atoms with E-state index >= 15 is 0 Å². The Kier molecular flexibility index (Phi) is 5.44. The van der Waals surface area contributed by atoms with Gasteiger partial charge >= 0.3 is 6.09 Å². The van der Waals surface area contributed by atoms with Crippen LogP contribution in [0.1, 0.15) is 37.7 Å². The number of hydrogen-bond donors (Lipinski definition) is 0. The fraction of sp³-hybridized carbons (Fsp3) is 0.765. The molecule has 0 aliphatic carbocycles. The lowest BCUT2D eigenvalue weighted by Crippen LogP contribution is -2.33. The van der Waals surface area contributed by atoms with Crippen molar-refractivity contribution in [3.8, 4) is 0 Å². The maximum absolute atomic E-state index is 12.2. The van der Waals surface area contributed by atoms with Gasteiger partial charge in [-0.15, -0.1) is 0 Å². The zero-order valence-corrected chi connectivity index (χ0v) is 17.1. The highest BCUT2D eigenvalue weighted by Crippen LogP contribution is 2.26. The van der Waals surface area contributed by atoms with Crippen LogP contribution in [0, 0.1) is 6.92 Å². The van der Waals surface area contributed by atoms with Crippen LogP contribution in [0.5, 0.6) is 0 Å². The van der Waals surface area contributed by atoms with Crippen molar-refractivity contribution in [2.24, 2.45) is 0 Å². The molecule has 0 spiro atoms. The molecule has 0 bridgehead atoms. The average molecular weight is 354 g/mol. The summed E-state index contributed by atoms with van der Waals surface area (Å²) in [5.74, 6) is 0. The Labute approximate surface area is 146 Å². The molecule has 0 N–H and O–H groups in total. The summed E-state index contributed by atoms with van der Waals surface area (Å²) < 4.78 is 13.1. The third-order valence-electron chi connectivity index (χ3n) is 3.96. The monoisotopic (exact) mass is 353 g/mol. The number of amides is 1. The molecule has 0 unspecified atom stereocenters. The first-order chi connectivity index (χ1) is 11.0. The molecule has 1 aromatic heterocycles. The molecule has 0 saturated carbocycles. The molecule has 24 heavy (non-hydrogen) atoms. The highest BCUT2D eigenvalue weighted by Gasteiger charge is 2.31. The number of nitrogens with zero attached hydrogens (tertiary/aromatic N) is 3. The standard InChI is InChI=1S/C17H31N3O3Si/c1-13-14-10-19(16(21)23-17(2,3)4)11-15(14)18-20(13)12-22-8-9-24(5,6)7/h8-12H2,1-7H3. The van der Waals surface area contributed by atoms with Crippen molar-refractivity contribution in [1.82, 2.24) is 14.7 Å². The van der Waals surface area contributed by atoms with E-state index in [1.807, 2.05) is 32.4 Å². The quantitative estimate of drug-likeness (QED) is 0.597. The second-order valence-electron chi connectivity index (χ2n) is 8.69. The van der Waals surface area contributed by atoms with E-state index in [1.54, 1.807) is 4.90 Å². The number of aromatic nitrogens is 2. The second-order valence-corrected chi connectivity index (χ2v) is 14.3. The van der Waals surface area contributed by atoms with E-state index < -0.39 is 13.7 Å². The Bertz CT molecular complexity index is 599. The fourth-order valence-corrected chi connectivity index (χ4v) is 3.27. The van der Waals surface area contributed by atoms with Gasteiger partial charge in [-0.25, -0.2) is 9.48 Å². The summed E-state index contributed by atoms with van der Waals surface area (Å²) in [6, 6.07) is 1.15. The van der Waals surface area contributed by atoms with Crippen LogP contribution in [0.2, 0.25) is 25.7 Å². The predicted octanol–water partition coefficient (Wildman–Crippen LogP) is 3.75. The molecule has 6 nitrogen and oxygen atoms in total. The lowest BCUT2D eigenvalue weighted by molar-refractivity contribution is 0.0236. The molecule has 136 valence electrons. The van der Waals surface area contributed by atoms with E-state index in [1.165, 1.54) is 0 Å². The topological polar surface area (TPSA) is 56.6 Å². The molecule has 1 amide bonds. The summed E-state index contributed by atoms with van der Waals surface area (Å²) in [6.45, 7) is 17.0. The zero-order valence-electron chi connectivity index (χ0n) is 16.1. The molecule has 1 aliphatic heterocycles. The van der Waals surface area contributed by atoms with Crippen LogP contribution in [0.3, 0.4) is 0 Å². The van der Waals surface area contributed by atoms with Gasteiger partial charge in [0, 0.05) is 25.9 Å². The third-order valence-corrected chi connectivity index (χ3v) is 5.67. The van der Waals surface area contributed by atoms with Gasteiger partial charge in [-0.1, -0.05) is 19.6 Å². The van der Waals surface area contributed by atoms with E-state index in [0.29, 0.717) is 19.8 Å². The van der Waals surface area contributed by atoms with Gasteiger partial charge in [-0.3, -0.25) is 4.90 Å². The van der Waals surface area contributed by atoms with Crippen LogP contribution < -0.4 is 0 Å². The van der Waals surface area contributed by atoms with Crippen LogP contribution in [0.15, 0.2) is 0 Å². The first kappa shape index (κ1) is 19.0. The lowest BCUT2D eigenvalue weighted by Gasteiger charge is -2.24. The van der Waals surface area contributed by atoms with Gasteiger partial charge in [0.1, 0.15) is 12.3 Å². The van der Waals surface area contributed by atoms with Gasteiger partial charge in [0.2, 0.25) is 0 Å². The molecular weight excluding hydrogens is 322 g/mol. The molecule has 7 heteroatoms. The summed E-state index contributed by atoms with van der Waals surface area (Å²) in [5.41, 5.74) is 2.67. The summed E-state index contributed by atoms with van der Waals surface area (Å²) in [7, 11) is -1.06. The van der Waals surface area contributed by atoms with Gasteiger partial charge in [-0.05, 0) is 33.7 Å². The van der Waals surface area contributed by atoms with Crippen molar-refractivity contribution < 1.29 is 14.3 Å².